The summed E-state index contributed by atoms with van der Waals surface area (Å²) in [4.78, 5) is 13.8. The van der Waals surface area contributed by atoms with E-state index in [4.69, 9.17) is 0 Å². The number of aromatic nitrogens is 2. The van der Waals surface area contributed by atoms with E-state index >= 15 is 0 Å². The molecule has 2 aliphatic rings. The van der Waals surface area contributed by atoms with E-state index in [1.54, 1.807) is 64.1 Å². The quantitative estimate of drug-likeness (QED) is 0.132. The number of hydrogen-bond donors (Lipinski definition) is 4. The third-order valence-electron chi connectivity index (χ3n) is 10.00. The van der Waals surface area contributed by atoms with Crippen molar-refractivity contribution in [3.05, 3.63) is 95.3 Å². The standard InChI is InChI=1S/2C20H27FN4O2S/c2*1-14(12-21)17-4-6-18(7-5-17)28(26,27)24-19-8-9-20(23-16(19)3)25-11-10-22-15(2)13-25/h2*4-9,14-15,22,24H,10-13H2,1-3H3/t2*14-,15+/m10/s1. The molecule has 0 spiro atoms. The summed E-state index contributed by atoms with van der Waals surface area (Å²) in [5.74, 6) is 1.18. The van der Waals surface area contributed by atoms with Crippen LogP contribution in [-0.4, -0.2) is 91.5 Å². The first-order valence-electron chi connectivity index (χ1n) is 18.9. The van der Waals surface area contributed by atoms with E-state index in [2.05, 4.69) is 53.7 Å². The van der Waals surface area contributed by atoms with Crippen molar-refractivity contribution in [2.75, 3.05) is 71.9 Å². The number of hydrogen-bond acceptors (Lipinski definition) is 10. The number of sulfonamides is 2. The molecule has 0 unspecified atom stereocenters. The van der Waals surface area contributed by atoms with Crippen LogP contribution in [0.1, 0.15) is 62.0 Å². The molecule has 304 valence electrons. The second kappa shape index (κ2) is 18.7. The molecule has 0 amide bonds. The van der Waals surface area contributed by atoms with Crippen LogP contribution in [-0.2, 0) is 20.0 Å². The first-order valence-corrected chi connectivity index (χ1v) is 21.9. The van der Waals surface area contributed by atoms with Gasteiger partial charge in [-0.25, -0.2) is 26.8 Å². The van der Waals surface area contributed by atoms with Gasteiger partial charge in [-0.05, 0) is 87.4 Å². The summed E-state index contributed by atoms with van der Waals surface area (Å²) >= 11 is 0. The number of rotatable bonds is 12. The molecule has 2 aromatic heterocycles. The number of anilines is 4. The Balaban J connectivity index is 0.000000214. The fraction of sp³-hybridized carbons (Fsp3) is 0.450. The second-order valence-corrected chi connectivity index (χ2v) is 18.0. The van der Waals surface area contributed by atoms with E-state index in [0.717, 1.165) is 62.0 Å². The van der Waals surface area contributed by atoms with Gasteiger partial charge in [0.1, 0.15) is 11.6 Å². The molecule has 0 saturated carbocycles. The van der Waals surface area contributed by atoms with Gasteiger partial charge in [-0.1, -0.05) is 38.1 Å². The minimum Gasteiger partial charge on any atom is -0.354 e. The summed E-state index contributed by atoms with van der Waals surface area (Å²) in [5.41, 5.74) is 3.69. The van der Waals surface area contributed by atoms with Crippen LogP contribution >= 0.6 is 0 Å². The Hall–Kier alpha value is -4.38. The first kappa shape index (κ1) is 42.8. The van der Waals surface area contributed by atoms with Crippen molar-refractivity contribution >= 4 is 43.1 Å². The minimum absolute atomic E-state index is 0.140. The number of aryl methyl sites for hydroxylation is 2. The predicted molar refractivity (Wildman–Crippen MR) is 221 cm³/mol. The van der Waals surface area contributed by atoms with Gasteiger partial charge >= 0.3 is 0 Å². The van der Waals surface area contributed by atoms with E-state index in [1.807, 2.05) is 12.1 Å². The van der Waals surface area contributed by atoms with Crippen LogP contribution in [0.25, 0.3) is 0 Å². The van der Waals surface area contributed by atoms with Crippen LogP contribution in [0, 0.1) is 13.8 Å². The summed E-state index contributed by atoms with van der Waals surface area (Å²) in [6, 6.07) is 20.6. The molecule has 2 fully saturated rings. The number of piperazine rings is 2. The summed E-state index contributed by atoms with van der Waals surface area (Å²) in [6.45, 7) is 15.6. The molecule has 56 heavy (non-hydrogen) atoms. The number of benzene rings is 2. The van der Waals surface area contributed by atoms with Crippen molar-refractivity contribution in [1.29, 1.82) is 0 Å². The zero-order chi connectivity index (χ0) is 40.6. The molecule has 2 aliphatic heterocycles. The van der Waals surface area contributed by atoms with Crippen LogP contribution in [0.2, 0.25) is 0 Å². The van der Waals surface area contributed by atoms with Crippen molar-refractivity contribution in [3.63, 3.8) is 0 Å². The van der Waals surface area contributed by atoms with E-state index in [-0.39, 0.29) is 21.6 Å². The average molecular weight is 813 g/mol. The molecule has 4 heterocycles. The molecule has 2 saturated heterocycles. The predicted octanol–water partition coefficient (Wildman–Crippen LogP) is 6.12. The van der Waals surface area contributed by atoms with Crippen LogP contribution < -0.4 is 29.9 Å². The lowest BCUT2D eigenvalue weighted by atomic mass is 10.0. The molecule has 0 radical (unpaired) electrons. The first-order chi connectivity index (χ1) is 26.6. The van der Waals surface area contributed by atoms with Gasteiger partial charge in [-0.3, -0.25) is 18.2 Å². The molecular formula is C40H54F2N8O4S2. The fourth-order valence-electron chi connectivity index (χ4n) is 6.48. The van der Waals surface area contributed by atoms with Gasteiger partial charge in [-0.2, -0.15) is 0 Å². The molecular weight excluding hydrogens is 759 g/mol. The second-order valence-electron chi connectivity index (χ2n) is 14.7. The molecule has 2 aromatic carbocycles. The van der Waals surface area contributed by atoms with Gasteiger partial charge < -0.3 is 20.4 Å². The zero-order valence-corrected chi connectivity index (χ0v) is 34.5. The van der Waals surface area contributed by atoms with Crippen molar-refractivity contribution < 1.29 is 25.6 Å². The smallest absolute Gasteiger partial charge is 0.261 e. The molecule has 12 nitrogen and oxygen atoms in total. The van der Waals surface area contributed by atoms with Gasteiger partial charge in [0.15, 0.2) is 0 Å². The monoisotopic (exact) mass is 812 g/mol. The zero-order valence-electron chi connectivity index (χ0n) is 32.9. The maximum absolute atomic E-state index is 12.8. The fourth-order valence-corrected chi connectivity index (χ4v) is 8.72. The molecule has 4 aromatic rings. The Morgan fingerprint density at radius 3 is 1.30 bits per heavy atom. The SMILES string of the molecule is Cc1nc(N2CCN[C@@H](C)C2)ccc1NS(=O)(=O)c1ccc([C@H](C)CF)cc1.Cc1nc(N2CCN[C@H](C)C2)ccc1NS(=O)(=O)c1ccc([C@@H](C)CF)cc1. The normalized spacial score (nSPS) is 18.7. The Morgan fingerprint density at radius 1 is 0.643 bits per heavy atom. The van der Waals surface area contributed by atoms with Crippen LogP contribution in [0.4, 0.5) is 31.8 Å². The van der Waals surface area contributed by atoms with Crippen molar-refractivity contribution in [2.45, 2.75) is 75.3 Å². The van der Waals surface area contributed by atoms with E-state index in [1.165, 1.54) is 24.3 Å². The van der Waals surface area contributed by atoms with Crippen molar-refractivity contribution in [3.8, 4) is 0 Å². The summed E-state index contributed by atoms with van der Waals surface area (Å²) < 4.78 is 81.6. The Morgan fingerprint density at radius 2 is 1.00 bits per heavy atom. The number of nitrogens with one attached hydrogen (secondary N) is 4. The largest absolute Gasteiger partial charge is 0.354 e. The minimum atomic E-state index is -3.74. The van der Waals surface area contributed by atoms with Crippen molar-refractivity contribution in [2.24, 2.45) is 0 Å². The van der Waals surface area contributed by atoms with Gasteiger partial charge in [0.05, 0.1) is 45.9 Å². The lowest BCUT2D eigenvalue weighted by Gasteiger charge is -2.33. The maximum atomic E-state index is 12.8. The molecule has 6 rings (SSSR count). The highest BCUT2D eigenvalue weighted by molar-refractivity contribution is 7.93. The number of pyridine rings is 2. The van der Waals surface area contributed by atoms with E-state index < -0.39 is 33.4 Å². The number of halogens is 2. The van der Waals surface area contributed by atoms with Crippen molar-refractivity contribution in [1.82, 2.24) is 20.6 Å². The summed E-state index contributed by atoms with van der Waals surface area (Å²) in [7, 11) is -7.48. The van der Waals surface area contributed by atoms with Gasteiger partial charge in [0, 0.05) is 63.2 Å². The molecule has 0 bridgehead atoms. The Labute approximate surface area is 330 Å². The topological polar surface area (TPSA) is 149 Å². The van der Waals surface area contributed by atoms with Crippen LogP contribution in [0.5, 0.6) is 0 Å². The highest BCUT2D eigenvalue weighted by Gasteiger charge is 2.22. The summed E-state index contributed by atoms with van der Waals surface area (Å²) in [5, 5.41) is 6.78. The highest BCUT2D eigenvalue weighted by Crippen LogP contribution is 2.26. The van der Waals surface area contributed by atoms with Crippen LogP contribution in [0.3, 0.4) is 0 Å². The number of alkyl halides is 2. The molecule has 4 atom stereocenters. The van der Waals surface area contributed by atoms with Gasteiger partial charge in [0.25, 0.3) is 20.0 Å². The molecule has 0 aliphatic carbocycles. The lowest BCUT2D eigenvalue weighted by Crippen LogP contribution is -2.49. The third-order valence-corrected chi connectivity index (χ3v) is 12.8. The van der Waals surface area contributed by atoms with E-state index in [0.29, 0.717) is 34.8 Å². The summed E-state index contributed by atoms with van der Waals surface area (Å²) in [6.07, 6.45) is 0. The highest BCUT2D eigenvalue weighted by atomic mass is 32.2. The van der Waals surface area contributed by atoms with Crippen LogP contribution in [0.15, 0.2) is 82.6 Å². The number of nitrogens with zero attached hydrogens (tertiary/aromatic N) is 4. The van der Waals surface area contributed by atoms with Gasteiger partial charge in [0.2, 0.25) is 0 Å². The maximum Gasteiger partial charge on any atom is 0.261 e. The third kappa shape index (κ3) is 10.9. The van der Waals surface area contributed by atoms with Gasteiger partial charge in [-0.15, -0.1) is 0 Å². The molecule has 16 heteroatoms. The average Bonchev–Trinajstić information content (AvgIpc) is 3.19. The lowest BCUT2D eigenvalue weighted by molar-refractivity contribution is 0.447. The molecule has 4 N–H and O–H groups in total. The Bertz CT molecular complexity index is 1990. The van der Waals surface area contributed by atoms with E-state index in [9.17, 15) is 25.6 Å². The Kier molecular flexibility index (Phi) is 14.3.